The average molecular weight is 447 g/mol. The van der Waals surface area contributed by atoms with Crippen LogP contribution in [0.3, 0.4) is 0 Å². The number of fused-ring (bicyclic) bond motifs is 7. The van der Waals surface area contributed by atoms with Crippen LogP contribution < -0.4 is 13.9 Å². The summed E-state index contributed by atoms with van der Waals surface area (Å²) < 4.78 is 14.0. The van der Waals surface area contributed by atoms with E-state index < -0.39 is 5.66 Å². The Morgan fingerprint density at radius 3 is 2.54 bits per heavy atom. The lowest BCUT2D eigenvalue weighted by Crippen LogP contribution is -2.71. The molecule has 4 heteroatoms. The molecule has 1 atom stereocenters. The number of nitrogens with zero attached hydrogens (tertiary/aromatic N) is 3. The fourth-order valence-electron chi connectivity index (χ4n) is 7.27. The number of hydrogen-bond donors (Lipinski definition) is 0. The van der Waals surface area contributed by atoms with E-state index in [0.29, 0.717) is 0 Å². The highest BCUT2D eigenvalue weighted by Crippen LogP contribution is 2.57. The van der Waals surface area contributed by atoms with Gasteiger partial charge in [-0.15, -0.1) is 9.13 Å². The number of rotatable bonds is 0. The number of pyridine rings is 3. The van der Waals surface area contributed by atoms with Gasteiger partial charge in [-0.2, -0.15) is 0 Å². The maximum absolute atomic E-state index is 6.65. The van der Waals surface area contributed by atoms with Gasteiger partial charge < -0.3 is 9.14 Å². The van der Waals surface area contributed by atoms with Crippen LogP contribution in [0.2, 0.25) is 0 Å². The minimum Gasteiger partial charge on any atom is -0.456 e. The van der Waals surface area contributed by atoms with Crippen molar-refractivity contribution in [3.63, 3.8) is 0 Å². The van der Waals surface area contributed by atoms with Gasteiger partial charge >= 0.3 is 5.66 Å². The Labute approximate surface area is 199 Å². The normalized spacial score (nSPS) is 18.1. The summed E-state index contributed by atoms with van der Waals surface area (Å²) in [7, 11) is 0. The lowest BCUT2D eigenvalue weighted by Gasteiger charge is -2.25. The van der Waals surface area contributed by atoms with Gasteiger partial charge in [0.15, 0.2) is 23.5 Å². The summed E-state index contributed by atoms with van der Waals surface area (Å²) in [5, 5.41) is 5.08. The first kappa shape index (κ1) is 16.8. The summed E-state index contributed by atoms with van der Waals surface area (Å²) in [6.45, 7) is 0. The van der Waals surface area contributed by atoms with E-state index in [2.05, 4.69) is 117 Å². The molecule has 3 aromatic carbocycles. The largest absolute Gasteiger partial charge is 0.456 e. The maximum Gasteiger partial charge on any atom is 0.425 e. The molecule has 7 heterocycles. The molecule has 0 amide bonds. The zero-order valence-corrected chi connectivity index (χ0v) is 18.6. The summed E-state index contributed by atoms with van der Waals surface area (Å²) in [5.41, 5.74) is 8.16. The summed E-state index contributed by atoms with van der Waals surface area (Å²) in [6, 6.07) is 30.5. The van der Waals surface area contributed by atoms with Gasteiger partial charge in [0.25, 0.3) is 0 Å². The first-order valence-electron chi connectivity index (χ1n) is 12.0. The van der Waals surface area contributed by atoms with Crippen LogP contribution in [0.5, 0.6) is 11.5 Å². The summed E-state index contributed by atoms with van der Waals surface area (Å²) in [5.74, 6) is 1.87. The number of aromatic nitrogens is 3. The van der Waals surface area contributed by atoms with E-state index in [1.54, 1.807) is 0 Å². The van der Waals surface area contributed by atoms with E-state index in [9.17, 15) is 0 Å². The van der Waals surface area contributed by atoms with Crippen LogP contribution in [0.4, 0.5) is 0 Å². The first-order valence-corrected chi connectivity index (χ1v) is 12.0. The van der Waals surface area contributed by atoms with Gasteiger partial charge in [0, 0.05) is 35.2 Å². The van der Waals surface area contributed by atoms with E-state index >= 15 is 0 Å². The monoisotopic (exact) mass is 447 g/mol. The number of ether oxygens (including phenoxy) is 1. The fourth-order valence-corrected chi connectivity index (χ4v) is 7.27. The molecule has 0 saturated heterocycles. The quantitative estimate of drug-likeness (QED) is 0.217. The van der Waals surface area contributed by atoms with E-state index in [1.165, 1.54) is 60.5 Å². The van der Waals surface area contributed by atoms with Gasteiger partial charge in [-0.3, -0.25) is 0 Å². The van der Waals surface area contributed by atoms with Crippen LogP contribution in [-0.2, 0) is 5.66 Å². The second-order valence-electron chi connectivity index (χ2n) is 9.82. The Morgan fingerprint density at radius 1 is 0.686 bits per heavy atom. The van der Waals surface area contributed by atoms with E-state index in [-0.39, 0.29) is 0 Å². The summed E-state index contributed by atoms with van der Waals surface area (Å²) in [4.78, 5) is 0. The van der Waals surface area contributed by atoms with Crippen LogP contribution in [-0.4, -0.2) is 4.40 Å². The highest BCUT2D eigenvalue weighted by Gasteiger charge is 2.70. The molecule has 1 unspecified atom stereocenters. The van der Waals surface area contributed by atoms with Crippen molar-refractivity contribution >= 4 is 38.1 Å². The predicted molar refractivity (Wildman–Crippen MR) is 134 cm³/mol. The number of hydrogen-bond acceptors (Lipinski definition) is 1. The zero-order valence-electron chi connectivity index (χ0n) is 18.6. The highest BCUT2D eigenvalue weighted by molar-refractivity contribution is 6.19. The Bertz CT molecular complexity index is 2160. The van der Waals surface area contributed by atoms with E-state index in [0.717, 1.165) is 11.5 Å². The van der Waals surface area contributed by atoms with Crippen molar-refractivity contribution in [2.75, 3.05) is 0 Å². The van der Waals surface area contributed by atoms with Crippen molar-refractivity contribution in [1.82, 2.24) is 4.40 Å². The van der Waals surface area contributed by atoms with Crippen LogP contribution >= 0.6 is 0 Å². The van der Waals surface area contributed by atoms with Crippen molar-refractivity contribution in [3.05, 3.63) is 115 Å². The van der Waals surface area contributed by atoms with E-state index in [4.69, 9.17) is 4.74 Å². The topological polar surface area (TPSA) is 21.4 Å². The van der Waals surface area contributed by atoms with Crippen LogP contribution in [0, 0.1) is 0 Å². The molecule has 160 valence electrons. The minimum atomic E-state index is -0.507. The Morgan fingerprint density at radius 2 is 1.54 bits per heavy atom. The third-order valence-electron chi connectivity index (χ3n) is 8.39. The first-order chi connectivity index (χ1) is 17.4. The molecule has 0 radical (unpaired) electrons. The Balaban J connectivity index is 1.56. The molecular weight excluding hydrogens is 430 g/mol. The molecule has 0 fully saturated rings. The maximum atomic E-state index is 6.65. The van der Waals surface area contributed by atoms with Gasteiger partial charge in [0.1, 0.15) is 11.5 Å². The van der Waals surface area contributed by atoms with Gasteiger partial charge in [0.05, 0.1) is 27.4 Å². The SMILES string of the molecule is c1cc2c3c(c1)-c1cccc[n+]1C31c3c(ccc4c3c3c(ccc[n+]31)c1c3ccccc3cn41)O2. The average Bonchev–Trinajstić information content (AvgIpc) is 3.55. The molecule has 1 spiro atoms. The van der Waals surface area contributed by atoms with Crippen molar-refractivity contribution in [3.8, 4) is 22.8 Å². The van der Waals surface area contributed by atoms with Crippen molar-refractivity contribution in [1.29, 1.82) is 0 Å². The minimum absolute atomic E-state index is 0.507. The molecule has 10 rings (SSSR count). The highest BCUT2D eigenvalue weighted by atomic mass is 16.5. The third kappa shape index (κ3) is 1.56. The zero-order chi connectivity index (χ0) is 22.5. The molecule has 4 aromatic heterocycles. The standard InChI is InChI=1S/C31H17N3O/c1-2-8-19-18(7-1)17-32-23-13-14-25-28-26(23)30-21(29(19)32)10-6-16-34(30)31(28)27-20(9-5-12-24(27)35-25)22-11-3-4-15-33(22)31/h1-17H/q+2. The van der Waals surface area contributed by atoms with Gasteiger partial charge in [-0.05, 0) is 36.4 Å². The van der Waals surface area contributed by atoms with Crippen LogP contribution in [0.25, 0.3) is 49.4 Å². The van der Waals surface area contributed by atoms with Gasteiger partial charge in [0.2, 0.25) is 11.2 Å². The second kappa shape index (κ2) is 5.18. The molecule has 0 saturated carbocycles. The van der Waals surface area contributed by atoms with Crippen molar-refractivity contribution in [2.45, 2.75) is 5.66 Å². The van der Waals surface area contributed by atoms with Gasteiger partial charge in [-0.25, -0.2) is 0 Å². The Hall–Kier alpha value is -4.70. The van der Waals surface area contributed by atoms with Crippen LogP contribution in [0.15, 0.2) is 104 Å². The molecule has 0 bridgehead atoms. The number of benzene rings is 3. The summed E-state index contributed by atoms with van der Waals surface area (Å²) >= 11 is 0. The van der Waals surface area contributed by atoms with Crippen LogP contribution in [0.1, 0.15) is 11.1 Å². The molecule has 35 heavy (non-hydrogen) atoms. The van der Waals surface area contributed by atoms with E-state index in [1.807, 2.05) is 0 Å². The molecule has 0 N–H and O–H groups in total. The smallest absolute Gasteiger partial charge is 0.425 e. The lowest BCUT2D eigenvalue weighted by atomic mass is 9.87. The molecular formula is C31H17N3O+2. The fraction of sp³-hybridized carbons (Fsp3) is 0.0323. The molecule has 7 aromatic rings. The molecule has 4 nitrogen and oxygen atoms in total. The van der Waals surface area contributed by atoms with Crippen molar-refractivity contribution < 1.29 is 13.9 Å². The van der Waals surface area contributed by atoms with Crippen molar-refractivity contribution in [2.24, 2.45) is 0 Å². The molecule has 0 aliphatic carbocycles. The molecule has 3 aliphatic heterocycles. The van der Waals surface area contributed by atoms with Gasteiger partial charge in [-0.1, -0.05) is 30.3 Å². The predicted octanol–water partition coefficient (Wildman–Crippen LogP) is 5.67. The Kier molecular flexibility index (Phi) is 2.49. The lowest BCUT2D eigenvalue weighted by molar-refractivity contribution is -0.950. The molecule has 3 aliphatic rings. The third-order valence-corrected chi connectivity index (χ3v) is 8.39. The summed E-state index contributed by atoms with van der Waals surface area (Å²) in [6.07, 6.45) is 6.77. The second-order valence-corrected chi connectivity index (χ2v) is 9.82.